The van der Waals surface area contributed by atoms with E-state index >= 15 is 0 Å². The highest BCUT2D eigenvalue weighted by molar-refractivity contribution is 5.79. The Labute approximate surface area is 130 Å². The Hall–Kier alpha value is -1.73. The van der Waals surface area contributed by atoms with E-state index in [9.17, 15) is 4.39 Å². The summed E-state index contributed by atoms with van der Waals surface area (Å²) < 4.78 is 24.4. The number of nitrogens with one attached hydrogen (secondary N) is 2. The molecule has 2 heterocycles. The van der Waals surface area contributed by atoms with Crippen molar-refractivity contribution in [2.24, 2.45) is 4.99 Å². The predicted molar refractivity (Wildman–Crippen MR) is 82.2 cm³/mol. The molecule has 1 aromatic rings. The highest BCUT2D eigenvalue weighted by Crippen LogP contribution is 2.07. The van der Waals surface area contributed by atoms with Gasteiger partial charge in [-0.3, -0.25) is 9.98 Å². The van der Waals surface area contributed by atoms with E-state index in [1.165, 1.54) is 6.07 Å². The summed E-state index contributed by atoms with van der Waals surface area (Å²) in [6.07, 6.45) is 3.66. The third kappa shape index (κ3) is 5.57. The van der Waals surface area contributed by atoms with Gasteiger partial charge in [0.25, 0.3) is 0 Å². The molecule has 0 bridgehead atoms. The van der Waals surface area contributed by atoms with Crippen molar-refractivity contribution in [1.29, 1.82) is 0 Å². The quantitative estimate of drug-likeness (QED) is 0.448. The van der Waals surface area contributed by atoms with Crippen molar-refractivity contribution >= 4 is 5.96 Å². The number of nitrogens with zero attached hydrogens (tertiary/aromatic N) is 2. The molecule has 1 saturated heterocycles. The first-order valence-electron chi connectivity index (χ1n) is 7.53. The van der Waals surface area contributed by atoms with E-state index in [1.54, 1.807) is 19.3 Å². The molecule has 1 aliphatic heterocycles. The number of aromatic nitrogens is 1. The second-order valence-electron chi connectivity index (χ2n) is 4.99. The van der Waals surface area contributed by atoms with E-state index in [0.717, 1.165) is 26.0 Å². The first-order chi connectivity index (χ1) is 10.8. The molecule has 0 radical (unpaired) electrons. The molecule has 1 unspecified atom stereocenters. The van der Waals surface area contributed by atoms with E-state index < -0.39 is 0 Å². The van der Waals surface area contributed by atoms with Crippen LogP contribution in [0.3, 0.4) is 0 Å². The van der Waals surface area contributed by atoms with Gasteiger partial charge in [0.2, 0.25) is 0 Å². The lowest BCUT2D eigenvalue weighted by Gasteiger charge is -2.13. The summed E-state index contributed by atoms with van der Waals surface area (Å²) in [5.74, 6) is 0.298. The zero-order chi connectivity index (χ0) is 15.6. The van der Waals surface area contributed by atoms with E-state index in [1.807, 2.05) is 0 Å². The van der Waals surface area contributed by atoms with Crippen molar-refractivity contribution in [1.82, 2.24) is 15.6 Å². The van der Waals surface area contributed by atoms with Crippen molar-refractivity contribution in [3.63, 3.8) is 0 Å². The van der Waals surface area contributed by atoms with Crippen LogP contribution in [0.15, 0.2) is 23.3 Å². The molecule has 0 aliphatic carbocycles. The standard InChI is InChI=1S/C15H23FN4O2/c1-17-15(20-10-14-13(16)4-2-6-18-14)19-7-3-8-22-12-5-9-21-11-12/h2,4,6,12H,3,5,7-11H2,1H3,(H2,17,19,20). The van der Waals surface area contributed by atoms with Gasteiger partial charge in [-0.25, -0.2) is 4.39 Å². The van der Waals surface area contributed by atoms with Gasteiger partial charge in [-0.2, -0.15) is 0 Å². The van der Waals surface area contributed by atoms with Gasteiger partial charge in [0.1, 0.15) is 5.82 Å². The maximum Gasteiger partial charge on any atom is 0.191 e. The van der Waals surface area contributed by atoms with Crippen molar-refractivity contribution in [2.45, 2.75) is 25.5 Å². The average Bonchev–Trinajstić information content (AvgIpc) is 3.05. The van der Waals surface area contributed by atoms with E-state index in [2.05, 4.69) is 20.6 Å². The van der Waals surface area contributed by atoms with Crippen LogP contribution in [0.5, 0.6) is 0 Å². The molecule has 1 aromatic heterocycles. The zero-order valence-electron chi connectivity index (χ0n) is 12.8. The highest BCUT2D eigenvalue weighted by atomic mass is 19.1. The Morgan fingerprint density at radius 3 is 3.18 bits per heavy atom. The van der Waals surface area contributed by atoms with Crippen LogP contribution in [0.1, 0.15) is 18.5 Å². The number of guanidine groups is 1. The van der Waals surface area contributed by atoms with Crippen molar-refractivity contribution < 1.29 is 13.9 Å². The van der Waals surface area contributed by atoms with Gasteiger partial charge in [-0.1, -0.05) is 0 Å². The largest absolute Gasteiger partial charge is 0.379 e. The smallest absolute Gasteiger partial charge is 0.191 e. The van der Waals surface area contributed by atoms with Gasteiger partial charge < -0.3 is 20.1 Å². The molecule has 0 saturated carbocycles. The number of ether oxygens (including phenoxy) is 2. The van der Waals surface area contributed by atoms with E-state index in [0.29, 0.717) is 31.4 Å². The van der Waals surface area contributed by atoms with Gasteiger partial charge >= 0.3 is 0 Å². The summed E-state index contributed by atoms with van der Waals surface area (Å²) >= 11 is 0. The summed E-state index contributed by atoms with van der Waals surface area (Å²) in [5.41, 5.74) is 0.370. The molecule has 7 heteroatoms. The van der Waals surface area contributed by atoms with Crippen molar-refractivity contribution in [2.75, 3.05) is 33.4 Å². The minimum Gasteiger partial charge on any atom is -0.379 e. The molecule has 2 N–H and O–H groups in total. The fourth-order valence-electron chi connectivity index (χ4n) is 2.11. The maximum atomic E-state index is 13.5. The second-order valence-corrected chi connectivity index (χ2v) is 4.99. The van der Waals surface area contributed by atoms with E-state index in [4.69, 9.17) is 9.47 Å². The van der Waals surface area contributed by atoms with Crippen LogP contribution in [0.2, 0.25) is 0 Å². The number of pyridine rings is 1. The first-order valence-corrected chi connectivity index (χ1v) is 7.53. The van der Waals surface area contributed by atoms with Crippen molar-refractivity contribution in [3.8, 4) is 0 Å². The summed E-state index contributed by atoms with van der Waals surface area (Å²) in [7, 11) is 1.68. The Kier molecular flexibility index (Phi) is 7.05. The SMILES string of the molecule is CN=C(NCCCOC1CCOC1)NCc1ncccc1F. The Balaban J connectivity index is 1.60. The minimum atomic E-state index is -0.322. The molecule has 22 heavy (non-hydrogen) atoms. The molecule has 0 spiro atoms. The fourth-order valence-corrected chi connectivity index (χ4v) is 2.11. The lowest BCUT2D eigenvalue weighted by atomic mass is 10.3. The minimum absolute atomic E-state index is 0.240. The number of halogens is 1. The molecule has 0 amide bonds. The summed E-state index contributed by atoms with van der Waals surface area (Å²) in [4.78, 5) is 8.08. The molecule has 1 atom stereocenters. The number of rotatable bonds is 7. The van der Waals surface area contributed by atoms with Crippen LogP contribution < -0.4 is 10.6 Å². The molecule has 1 fully saturated rings. The van der Waals surface area contributed by atoms with Crippen LogP contribution in [-0.4, -0.2) is 50.5 Å². The molecule has 2 rings (SSSR count). The Morgan fingerprint density at radius 1 is 1.55 bits per heavy atom. The molecular weight excluding hydrogens is 287 g/mol. The van der Waals surface area contributed by atoms with Crippen LogP contribution in [-0.2, 0) is 16.0 Å². The van der Waals surface area contributed by atoms with Crippen LogP contribution in [0, 0.1) is 5.82 Å². The van der Waals surface area contributed by atoms with Crippen LogP contribution in [0.4, 0.5) is 4.39 Å². The first kappa shape index (κ1) is 16.6. The van der Waals surface area contributed by atoms with Gasteiger partial charge in [0.15, 0.2) is 5.96 Å². The maximum absolute atomic E-state index is 13.5. The van der Waals surface area contributed by atoms with Gasteiger partial charge in [0.05, 0.1) is 24.9 Å². The summed E-state index contributed by atoms with van der Waals surface area (Å²) in [6, 6.07) is 2.96. The third-order valence-corrected chi connectivity index (χ3v) is 3.34. The van der Waals surface area contributed by atoms with Gasteiger partial charge in [0, 0.05) is 33.0 Å². The monoisotopic (exact) mass is 310 g/mol. The highest BCUT2D eigenvalue weighted by Gasteiger charge is 2.15. The Bertz CT molecular complexity index is 478. The zero-order valence-corrected chi connectivity index (χ0v) is 12.8. The van der Waals surface area contributed by atoms with Gasteiger partial charge in [-0.05, 0) is 25.0 Å². The summed E-state index contributed by atoms with van der Waals surface area (Å²) in [6.45, 7) is 3.21. The lowest BCUT2D eigenvalue weighted by Crippen LogP contribution is -2.38. The second kappa shape index (κ2) is 9.32. The molecule has 1 aliphatic rings. The molecular formula is C15H23FN4O2. The fraction of sp³-hybridized carbons (Fsp3) is 0.600. The number of aliphatic imine (C=N–C) groups is 1. The number of hydrogen-bond donors (Lipinski definition) is 2. The average molecular weight is 310 g/mol. The van der Waals surface area contributed by atoms with Crippen molar-refractivity contribution in [3.05, 3.63) is 29.8 Å². The lowest BCUT2D eigenvalue weighted by molar-refractivity contribution is 0.0420. The normalized spacial score (nSPS) is 18.5. The Morgan fingerprint density at radius 2 is 2.45 bits per heavy atom. The molecule has 122 valence electrons. The van der Waals surface area contributed by atoms with Crippen LogP contribution in [0.25, 0.3) is 0 Å². The van der Waals surface area contributed by atoms with Gasteiger partial charge in [-0.15, -0.1) is 0 Å². The van der Waals surface area contributed by atoms with Crippen LogP contribution >= 0.6 is 0 Å². The van der Waals surface area contributed by atoms with E-state index in [-0.39, 0.29) is 11.9 Å². The number of hydrogen-bond acceptors (Lipinski definition) is 4. The summed E-state index contributed by atoms with van der Waals surface area (Å²) in [5, 5.41) is 6.20. The molecule has 6 nitrogen and oxygen atoms in total. The topological polar surface area (TPSA) is 67.8 Å². The molecule has 0 aromatic carbocycles. The third-order valence-electron chi connectivity index (χ3n) is 3.34. The predicted octanol–water partition coefficient (Wildman–Crippen LogP) is 1.08.